The minimum absolute atomic E-state index is 0.0591. The van der Waals surface area contributed by atoms with Gasteiger partial charge < -0.3 is 24.8 Å². The van der Waals surface area contributed by atoms with E-state index in [4.69, 9.17) is 79.1 Å². The lowest BCUT2D eigenvalue weighted by molar-refractivity contribution is -0.289. The van der Waals surface area contributed by atoms with Gasteiger partial charge >= 0.3 is 0 Å². The fraction of sp³-hybridized carbons (Fsp3) is 1.00. The molecule has 0 aromatic heterocycles. The van der Waals surface area contributed by atoms with E-state index in [0.29, 0.717) is 0 Å². The van der Waals surface area contributed by atoms with E-state index in [1.807, 2.05) is 0 Å². The number of ether oxygens (including phenoxy) is 2. The molecule has 0 aliphatic heterocycles. The molecule has 0 heterocycles. The van der Waals surface area contributed by atoms with Crippen LogP contribution in [-0.2, 0) is 9.47 Å². The molecular weight excluding hydrogens is 533 g/mol. The molecular formula is C20H36Cl6O5. The normalized spacial score (nSPS) is 16.8. The molecule has 0 saturated carbocycles. The Bertz CT molecular complexity index is 448. The predicted molar refractivity (Wildman–Crippen MR) is 132 cm³/mol. The summed E-state index contributed by atoms with van der Waals surface area (Å²) in [6, 6.07) is 0. The van der Waals surface area contributed by atoms with E-state index in [0.717, 1.165) is 0 Å². The Kier molecular flexibility index (Phi) is 17.9. The van der Waals surface area contributed by atoms with Gasteiger partial charge in [-0.1, -0.05) is 0 Å². The van der Waals surface area contributed by atoms with Crippen molar-refractivity contribution in [1.82, 2.24) is 0 Å². The highest BCUT2D eigenvalue weighted by molar-refractivity contribution is 6.19. The van der Waals surface area contributed by atoms with Crippen LogP contribution in [0.4, 0.5) is 0 Å². The molecule has 0 amide bonds. The van der Waals surface area contributed by atoms with Crippen molar-refractivity contribution in [3.8, 4) is 0 Å². The van der Waals surface area contributed by atoms with Gasteiger partial charge in [0.2, 0.25) is 0 Å². The summed E-state index contributed by atoms with van der Waals surface area (Å²) in [5.74, 6) is 0.959. The zero-order valence-electron chi connectivity index (χ0n) is 18.0. The van der Waals surface area contributed by atoms with Crippen LogP contribution in [0.15, 0.2) is 0 Å². The number of aliphatic hydroxyl groups is 3. The number of hydrogen-bond acceptors (Lipinski definition) is 5. The van der Waals surface area contributed by atoms with Crippen molar-refractivity contribution >= 4 is 69.6 Å². The molecule has 3 atom stereocenters. The van der Waals surface area contributed by atoms with E-state index in [-0.39, 0.29) is 80.6 Å². The van der Waals surface area contributed by atoms with Gasteiger partial charge in [0.1, 0.15) is 0 Å². The van der Waals surface area contributed by atoms with Gasteiger partial charge in [-0.15, -0.1) is 69.6 Å². The molecule has 0 radical (unpaired) electrons. The Balaban J connectivity index is 7.14. The molecule has 3 N–H and O–H groups in total. The number of alkyl halides is 6. The number of halogens is 6. The van der Waals surface area contributed by atoms with Crippen molar-refractivity contribution in [2.24, 2.45) is 5.41 Å². The van der Waals surface area contributed by atoms with Gasteiger partial charge in [-0.3, -0.25) is 0 Å². The fourth-order valence-electron chi connectivity index (χ4n) is 4.58. The Morgan fingerprint density at radius 1 is 0.710 bits per heavy atom. The molecule has 0 aliphatic carbocycles. The van der Waals surface area contributed by atoms with Crippen molar-refractivity contribution in [3.63, 3.8) is 0 Å². The van der Waals surface area contributed by atoms with Crippen LogP contribution in [0.2, 0.25) is 0 Å². The quantitative estimate of drug-likeness (QED) is 0.187. The van der Waals surface area contributed by atoms with Gasteiger partial charge in [0.05, 0.1) is 48.6 Å². The maximum Gasteiger partial charge on any atom is 0.0837 e. The highest BCUT2D eigenvalue weighted by Gasteiger charge is 2.66. The maximum atomic E-state index is 11.5. The fourth-order valence-corrected chi connectivity index (χ4v) is 6.08. The predicted octanol–water partition coefficient (Wildman–Crippen LogP) is 4.60. The summed E-state index contributed by atoms with van der Waals surface area (Å²) in [5, 5.41) is 32.5. The molecule has 0 saturated heterocycles. The molecule has 11 heteroatoms. The lowest BCUT2D eigenvalue weighted by Gasteiger charge is -2.61. The van der Waals surface area contributed by atoms with Gasteiger partial charge in [0.25, 0.3) is 0 Å². The summed E-state index contributed by atoms with van der Waals surface area (Å²) < 4.78 is 12.6. The van der Waals surface area contributed by atoms with Crippen LogP contribution in [0, 0.1) is 5.41 Å². The second-order valence-electron chi connectivity index (χ2n) is 7.56. The second kappa shape index (κ2) is 17.0. The Morgan fingerprint density at radius 2 is 1.16 bits per heavy atom. The zero-order chi connectivity index (χ0) is 24.0. The van der Waals surface area contributed by atoms with Crippen LogP contribution in [0.5, 0.6) is 0 Å². The molecule has 3 unspecified atom stereocenters. The van der Waals surface area contributed by atoms with Gasteiger partial charge in [-0.2, -0.15) is 0 Å². The third-order valence-electron chi connectivity index (χ3n) is 5.88. The van der Waals surface area contributed by atoms with E-state index in [1.165, 1.54) is 0 Å². The summed E-state index contributed by atoms with van der Waals surface area (Å²) in [6.45, 7) is 1.13. The standard InChI is InChI=1S/C20H36Cl6O5/c1-16(28)14-31-19(5-10-24,6-11-25)20(15-27,17(29)2-7-21)18(3-8-22,4-9-23)30-13-12-26/h16-17,27-29H,2-15H2,1H3. The van der Waals surface area contributed by atoms with Crippen molar-refractivity contribution in [2.75, 3.05) is 55.1 Å². The summed E-state index contributed by atoms with van der Waals surface area (Å²) in [6.07, 6.45) is -0.869. The molecule has 0 aromatic carbocycles. The van der Waals surface area contributed by atoms with Crippen LogP contribution >= 0.6 is 69.6 Å². The summed E-state index contributed by atoms with van der Waals surface area (Å²) in [5.41, 5.74) is -3.94. The first-order chi connectivity index (χ1) is 14.8. The minimum Gasteiger partial charge on any atom is -0.395 e. The smallest absolute Gasteiger partial charge is 0.0837 e. The average Bonchev–Trinajstić information content (AvgIpc) is 2.72. The molecule has 0 rings (SSSR count). The number of hydrogen-bond donors (Lipinski definition) is 3. The van der Waals surface area contributed by atoms with E-state index in [2.05, 4.69) is 0 Å². The monoisotopic (exact) mass is 566 g/mol. The zero-order valence-corrected chi connectivity index (χ0v) is 22.5. The van der Waals surface area contributed by atoms with Gasteiger partial charge in [0, 0.05) is 35.3 Å². The maximum absolute atomic E-state index is 11.5. The van der Waals surface area contributed by atoms with Gasteiger partial charge in [-0.25, -0.2) is 0 Å². The van der Waals surface area contributed by atoms with Crippen LogP contribution in [-0.4, -0.2) is 93.8 Å². The van der Waals surface area contributed by atoms with Crippen molar-refractivity contribution in [1.29, 1.82) is 0 Å². The van der Waals surface area contributed by atoms with Crippen LogP contribution in [0.1, 0.15) is 39.0 Å². The Labute approximate surface area is 216 Å². The lowest BCUT2D eigenvalue weighted by Crippen LogP contribution is -2.71. The molecule has 188 valence electrons. The van der Waals surface area contributed by atoms with Crippen LogP contribution < -0.4 is 0 Å². The van der Waals surface area contributed by atoms with E-state index < -0.39 is 35.4 Å². The lowest BCUT2D eigenvalue weighted by atomic mass is 9.54. The van der Waals surface area contributed by atoms with E-state index >= 15 is 0 Å². The highest BCUT2D eigenvalue weighted by Crippen LogP contribution is 2.56. The van der Waals surface area contributed by atoms with E-state index in [1.54, 1.807) is 6.92 Å². The molecule has 0 aliphatic rings. The molecule has 0 spiro atoms. The van der Waals surface area contributed by atoms with Crippen molar-refractivity contribution in [3.05, 3.63) is 0 Å². The largest absolute Gasteiger partial charge is 0.395 e. The summed E-state index contributed by atoms with van der Waals surface area (Å²) >= 11 is 36.7. The Hall–Kier alpha value is 1.54. The summed E-state index contributed by atoms with van der Waals surface area (Å²) in [7, 11) is 0. The molecule has 31 heavy (non-hydrogen) atoms. The van der Waals surface area contributed by atoms with E-state index in [9.17, 15) is 15.3 Å². The molecule has 5 nitrogen and oxygen atoms in total. The topological polar surface area (TPSA) is 79.2 Å². The molecule has 0 aromatic rings. The number of rotatable bonds is 20. The van der Waals surface area contributed by atoms with Crippen molar-refractivity contribution in [2.45, 2.75) is 62.4 Å². The molecule has 0 fully saturated rings. The van der Waals surface area contributed by atoms with Crippen LogP contribution in [0.3, 0.4) is 0 Å². The first-order valence-corrected chi connectivity index (χ1v) is 13.6. The van der Waals surface area contributed by atoms with Gasteiger partial charge in [-0.05, 0) is 39.0 Å². The minimum atomic E-state index is -1.45. The van der Waals surface area contributed by atoms with Crippen LogP contribution in [0.25, 0.3) is 0 Å². The van der Waals surface area contributed by atoms with Crippen molar-refractivity contribution < 1.29 is 24.8 Å². The first kappa shape index (κ1) is 32.5. The number of aliphatic hydroxyl groups excluding tert-OH is 3. The average molecular weight is 569 g/mol. The summed E-state index contributed by atoms with van der Waals surface area (Å²) in [4.78, 5) is 0. The highest BCUT2D eigenvalue weighted by atomic mass is 35.5. The molecule has 0 bridgehead atoms. The third-order valence-corrected chi connectivity index (χ3v) is 7.00. The first-order valence-electron chi connectivity index (χ1n) is 10.4. The van der Waals surface area contributed by atoms with Gasteiger partial charge in [0.15, 0.2) is 0 Å². The Morgan fingerprint density at radius 3 is 1.48 bits per heavy atom. The SMILES string of the molecule is CC(O)COC(CCCl)(CCCl)C(CO)(C(O)CCCl)C(CCCl)(CCCl)OCCCl. The second-order valence-corrected chi connectivity index (χ2v) is 9.83. The third kappa shape index (κ3) is 8.03.